The zero-order valence-electron chi connectivity index (χ0n) is 13.7. The number of nitrogens with zero attached hydrogens (tertiary/aromatic N) is 2. The van der Waals surface area contributed by atoms with Crippen molar-refractivity contribution in [2.45, 2.75) is 32.4 Å². The van der Waals surface area contributed by atoms with Gasteiger partial charge < -0.3 is 19.7 Å². The summed E-state index contributed by atoms with van der Waals surface area (Å²) < 4.78 is 5.73. The number of amides is 2. The van der Waals surface area contributed by atoms with Crippen molar-refractivity contribution in [3.05, 3.63) is 42.4 Å². The second-order valence-corrected chi connectivity index (χ2v) is 5.66. The van der Waals surface area contributed by atoms with Gasteiger partial charge >= 0.3 is 6.03 Å². The minimum absolute atomic E-state index is 0.224. The monoisotopic (exact) mass is 317 g/mol. The summed E-state index contributed by atoms with van der Waals surface area (Å²) in [4.78, 5) is 17.9. The summed E-state index contributed by atoms with van der Waals surface area (Å²) in [6, 6.07) is 9.12. The fourth-order valence-electron chi connectivity index (χ4n) is 2.06. The molecule has 1 aromatic heterocycles. The van der Waals surface area contributed by atoms with Crippen LogP contribution in [0.25, 0.3) is 11.3 Å². The summed E-state index contributed by atoms with van der Waals surface area (Å²) >= 11 is 0. The molecule has 2 rings (SSSR count). The van der Waals surface area contributed by atoms with E-state index in [1.54, 1.807) is 20.2 Å². The van der Waals surface area contributed by atoms with Crippen LogP contribution in [0.1, 0.15) is 32.2 Å². The van der Waals surface area contributed by atoms with Crippen molar-refractivity contribution in [2.24, 2.45) is 0 Å². The van der Waals surface area contributed by atoms with Crippen LogP contribution >= 0.6 is 0 Å². The molecule has 0 bridgehead atoms. The Bertz CT molecular complexity index is 625. The minimum Gasteiger partial charge on any atom is -0.438 e. The number of oxazole rings is 1. The van der Waals surface area contributed by atoms with Crippen molar-refractivity contribution in [1.82, 2.24) is 15.2 Å². The molecule has 1 heterocycles. The van der Waals surface area contributed by atoms with Gasteiger partial charge in [0.25, 0.3) is 0 Å². The van der Waals surface area contributed by atoms with Gasteiger partial charge in [0.1, 0.15) is 6.04 Å². The highest BCUT2D eigenvalue weighted by Crippen LogP contribution is 2.22. The second kappa shape index (κ2) is 7.78. The van der Waals surface area contributed by atoms with Gasteiger partial charge in [-0.3, -0.25) is 0 Å². The molecule has 0 saturated heterocycles. The minimum atomic E-state index is -0.428. The lowest BCUT2D eigenvalue weighted by Gasteiger charge is -2.20. The van der Waals surface area contributed by atoms with Crippen LogP contribution in [-0.4, -0.2) is 40.7 Å². The highest BCUT2D eigenvalue weighted by atomic mass is 16.4. The fourth-order valence-corrected chi connectivity index (χ4v) is 2.06. The number of aliphatic hydroxyl groups excluding tert-OH is 1. The summed E-state index contributed by atoms with van der Waals surface area (Å²) in [6.07, 6.45) is 1.77. The first-order valence-electron chi connectivity index (χ1n) is 7.68. The van der Waals surface area contributed by atoms with Gasteiger partial charge in [0.05, 0.1) is 12.3 Å². The zero-order chi connectivity index (χ0) is 16.8. The number of hydrogen-bond donors (Lipinski definition) is 2. The Balaban J connectivity index is 1.94. The Morgan fingerprint density at radius 1 is 1.35 bits per heavy atom. The van der Waals surface area contributed by atoms with Gasteiger partial charge in [0.2, 0.25) is 5.89 Å². The van der Waals surface area contributed by atoms with Gasteiger partial charge in [-0.2, -0.15) is 0 Å². The number of rotatable bonds is 6. The van der Waals surface area contributed by atoms with Gasteiger partial charge in [-0.15, -0.1) is 0 Å². The van der Waals surface area contributed by atoms with E-state index < -0.39 is 6.10 Å². The van der Waals surface area contributed by atoms with Crippen molar-refractivity contribution < 1.29 is 14.3 Å². The largest absolute Gasteiger partial charge is 0.438 e. The molecule has 0 saturated carbocycles. The summed E-state index contributed by atoms with van der Waals surface area (Å²) in [6.45, 7) is 4.00. The van der Waals surface area contributed by atoms with E-state index in [0.29, 0.717) is 24.6 Å². The maximum atomic E-state index is 12.1. The third kappa shape index (κ3) is 4.82. The lowest BCUT2D eigenvalue weighted by molar-refractivity contribution is 0.162. The maximum absolute atomic E-state index is 12.1. The zero-order valence-corrected chi connectivity index (χ0v) is 13.7. The summed E-state index contributed by atoms with van der Waals surface area (Å²) in [5.74, 6) is 1.13. The number of carbonyl (C=O) groups is 1. The molecule has 2 atom stereocenters. The predicted molar refractivity (Wildman–Crippen MR) is 87.8 cm³/mol. The summed E-state index contributed by atoms with van der Waals surface area (Å²) in [5, 5.41) is 12.1. The number of hydrogen-bond acceptors (Lipinski definition) is 4. The van der Waals surface area contributed by atoms with Crippen molar-refractivity contribution >= 4 is 6.03 Å². The van der Waals surface area contributed by atoms with E-state index in [4.69, 9.17) is 4.42 Å². The van der Waals surface area contributed by atoms with E-state index in [9.17, 15) is 9.90 Å². The molecule has 0 fully saturated rings. The van der Waals surface area contributed by atoms with Crippen LogP contribution in [-0.2, 0) is 0 Å². The van der Waals surface area contributed by atoms with Crippen LogP contribution in [0.5, 0.6) is 0 Å². The molecule has 0 aliphatic carbocycles. The highest BCUT2D eigenvalue weighted by Gasteiger charge is 2.18. The van der Waals surface area contributed by atoms with Crippen molar-refractivity contribution in [2.75, 3.05) is 13.6 Å². The Morgan fingerprint density at radius 3 is 2.70 bits per heavy atom. The fraction of sp³-hybridized carbons (Fsp3) is 0.412. The van der Waals surface area contributed by atoms with Gasteiger partial charge in [0.15, 0.2) is 5.76 Å². The van der Waals surface area contributed by atoms with Gasteiger partial charge in [-0.1, -0.05) is 30.3 Å². The average Bonchev–Trinajstić information content (AvgIpc) is 3.03. The third-order valence-corrected chi connectivity index (χ3v) is 3.52. The van der Waals surface area contributed by atoms with E-state index in [0.717, 1.165) is 5.56 Å². The number of nitrogens with one attached hydrogen (secondary N) is 1. The van der Waals surface area contributed by atoms with Crippen molar-refractivity contribution in [1.29, 1.82) is 0 Å². The Morgan fingerprint density at radius 2 is 2.04 bits per heavy atom. The molecule has 6 nitrogen and oxygen atoms in total. The molecule has 0 aliphatic rings. The third-order valence-electron chi connectivity index (χ3n) is 3.52. The molecule has 2 amide bonds. The standard InChI is InChI=1S/C17H23N3O3/c1-12(21)9-10-20(3)17(22)19-13(2)16-18-11-15(23-16)14-7-5-4-6-8-14/h4-8,11-13,21H,9-10H2,1-3H3,(H,19,22). The lowest BCUT2D eigenvalue weighted by Crippen LogP contribution is -2.39. The number of aromatic nitrogens is 1. The van der Waals surface area contributed by atoms with Crippen LogP contribution < -0.4 is 5.32 Å². The van der Waals surface area contributed by atoms with Crippen LogP contribution in [0.3, 0.4) is 0 Å². The molecular weight excluding hydrogens is 294 g/mol. The van der Waals surface area contributed by atoms with E-state index in [1.165, 1.54) is 4.90 Å². The Hall–Kier alpha value is -2.34. The molecule has 6 heteroatoms. The normalized spacial score (nSPS) is 13.4. The summed E-state index contributed by atoms with van der Waals surface area (Å²) in [7, 11) is 1.69. The Kier molecular flexibility index (Phi) is 5.76. The first kappa shape index (κ1) is 17.0. The topological polar surface area (TPSA) is 78.6 Å². The van der Waals surface area contributed by atoms with E-state index in [1.807, 2.05) is 37.3 Å². The van der Waals surface area contributed by atoms with Crippen LogP contribution in [0.2, 0.25) is 0 Å². The molecule has 1 aromatic carbocycles. The summed E-state index contributed by atoms with van der Waals surface area (Å²) in [5.41, 5.74) is 0.943. The quantitative estimate of drug-likeness (QED) is 0.858. The second-order valence-electron chi connectivity index (χ2n) is 5.66. The number of benzene rings is 1. The predicted octanol–water partition coefficient (Wildman–Crippen LogP) is 2.81. The molecule has 0 aliphatic heterocycles. The molecule has 2 aromatic rings. The van der Waals surface area contributed by atoms with Crippen LogP contribution in [0.15, 0.2) is 40.9 Å². The molecule has 2 unspecified atom stereocenters. The first-order valence-corrected chi connectivity index (χ1v) is 7.68. The average molecular weight is 317 g/mol. The van der Waals surface area contributed by atoms with Crippen LogP contribution in [0, 0.1) is 0 Å². The number of aliphatic hydroxyl groups is 1. The first-order chi connectivity index (χ1) is 11.0. The number of urea groups is 1. The van der Waals surface area contributed by atoms with E-state index in [2.05, 4.69) is 10.3 Å². The molecule has 0 spiro atoms. The number of carbonyl (C=O) groups excluding carboxylic acids is 1. The van der Waals surface area contributed by atoms with E-state index >= 15 is 0 Å². The maximum Gasteiger partial charge on any atom is 0.317 e. The Labute approximate surface area is 136 Å². The smallest absolute Gasteiger partial charge is 0.317 e. The lowest BCUT2D eigenvalue weighted by atomic mass is 10.2. The molecule has 2 N–H and O–H groups in total. The SMILES string of the molecule is CC(O)CCN(C)C(=O)NC(C)c1ncc(-c2ccccc2)o1. The molecular formula is C17H23N3O3. The van der Waals surface area contributed by atoms with Crippen molar-refractivity contribution in [3.8, 4) is 11.3 Å². The van der Waals surface area contributed by atoms with Gasteiger partial charge in [0, 0.05) is 19.2 Å². The molecule has 0 radical (unpaired) electrons. The van der Waals surface area contributed by atoms with Gasteiger partial charge in [-0.25, -0.2) is 9.78 Å². The van der Waals surface area contributed by atoms with Crippen LogP contribution in [0.4, 0.5) is 4.79 Å². The van der Waals surface area contributed by atoms with Crippen molar-refractivity contribution in [3.63, 3.8) is 0 Å². The molecule has 124 valence electrons. The molecule has 23 heavy (non-hydrogen) atoms. The van der Waals surface area contributed by atoms with Gasteiger partial charge in [-0.05, 0) is 20.3 Å². The highest BCUT2D eigenvalue weighted by molar-refractivity contribution is 5.74. The van der Waals surface area contributed by atoms with E-state index in [-0.39, 0.29) is 12.1 Å².